The van der Waals surface area contributed by atoms with Gasteiger partial charge in [-0.1, -0.05) is 19.9 Å². The Labute approximate surface area is 123 Å². The lowest BCUT2D eigenvalue weighted by Gasteiger charge is -2.19. The molecule has 0 radical (unpaired) electrons. The normalized spacial score (nSPS) is 11.7. The fourth-order valence-corrected chi connectivity index (χ4v) is 1.77. The molecule has 8 nitrogen and oxygen atoms in total. The molecule has 0 fully saturated rings. The lowest BCUT2D eigenvalue weighted by molar-refractivity contribution is 0.276. The highest BCUT2D eigenvalue weighted by Gasteiger charge is 2.13. The van der Waals surface area contributed by atoms with E-state index in [1.54, 1.807) is 0 Å². The maximum atomic E-state index is 9.10. The highest BCUT2D eigenvalue weighted by molar-refractivity contribution is 5.51. The van der Waals surface area contributed by atoms with E-state index in [0.29, 0.717) is 23.7 Å². The van der Waals surface area contributed by atoms with Crippen LogP contribution in [0.3, 0.4) is 0 Å². The number of aliphatic hydroxyl groups excluding tert-OH is 1. The summed E-state index contributed by atoms with van der Waals surface area (Å²) in [6.07, 6.45) is 3.93. The Morgan fingerprint density at radius 2 is 2.38 bits per heavy atom. The molecule has 0 aliphatic carbocycles. The molecule has 5 N–H and O–H groups in total. The first kappa shape index (κ1) is 16.8. The van der Waals surface area contributed by atoms with Gasteiger partial charge in [0.05, 0.1) is 11.9 Å². The van der Waals surface area contributed by atoms with E-state index in [1.165, 1.54) is 6.20 Å². The summed E-state index contributed by atoms with van der Waals surface area (Å²) in [5, 5.41) is 15.5. The third-order valence-corrected chi connectivity index (χ3v) is 2.78. The molecular formula is C13H22N6O2. The second-order valence-corrected chi connectivity index (χ2v) is 4.55. The van der Waals surface area contributed by atoms with Crippen LogP contribution in [0.5, 0.6) is 5.75 Å². The lowest BCUT2D eigenvalue weighted by Crippen LogP contribution is -2.22. The minimum Gasteiger partial charge on any atom is -0.482 e. The van der Waals surface area contributed by atoms with Crippen molar-refractivity contribution in [2.45, 2.75) is 32.2 Å². The molecule has 0 aliphatic heterocycles. The SMILES string of the molecule is C=C(COc1cnc(N)nc1NC(CCC)CCO)N=N. The fourth-order valence-electron chi connectivity index (χ4n) is 1.77. The lowest BCUT2D eigenvalue weighted by atomic mass is 10.1. The summed E-state index contributed by atoms with van der Waals surface area (Å²) in [4.78, 5) is 8.01. The van der Waals surface area contributed by atoms with Crippen LogP contribution in [0.2, 0.25) is 0 Å². The Hall–Kier alpha value is -2.22. The van der Waals surface area contributed by atoms with Gasteiger partial charge < -0.3 is 20.9 Å². The number of aromatic nitrogens is 2. The molecule has 1 aromatic rings. The number of nitrogens with zero attached hydrogens (tertiary/aromatic N) is 3. The molecule has 0 bridgehead atoms. The van der Waals surface area contributed by atoms with Gasteiger partial charge in [0.25, 0.3) is 0 Å². The Morgan fingerprint density at radius 1 is 1.62 bits per heavy atom. The van der Waals surface area contributed by atoms with Crippen molar-refractivity contribution >= 4 is 11.8 Å². The largest absolute Gasteiger partial charge is 0.482 e. The van der Waals surface area contributed by atoms with Crippen LogP contribution in [0.25, 0.3) is 0 Å². The van der Waals surface area contributed by atoms with Crippen LogP contribution in [-0.4, -0.2) is 34.3 Å². The van der Waals surface area contributed by atoms with E-state index in [9.17, 15) is 0 Å². The molecule has 1 heterocycles. The van der Waals surface area contributed by atoms with Crippen molar-refractivity contribution in [3.63, 3.8) is 0 Å². The Balaban J connectivity index is 2.84. The fraction of sp³-hybridized carbons (Fsp3) is 0.538. The second kappa shape index (κ2) is 8.85. The van der Waals surface area contributed by atoms with Crippen LogP contribution in [0.1, 0.15) is 26.2 Å². The van der Waals surface area contributed by atoms with Gasteiger partial charge >= 0.3 is 0 Å². The number of hydrogen-bond acceptors (Lipinski definition) is 8. The Bertz CT molecular complexity index is 474. The predicted molar refractivity (Wildman–Crippen MR) is 80.2 cm³/mol. The molecular weight excluding hydrogens is 272 g/mol. The number of aliphatic hydroxyl groups is 1. The van der Waals surface area contributed by atoms with E-state index in [0.717, 1.165) is 12.8 Å². The standard InChI is InChI=1S/C13H22N6O2/c1-3-4-10(5-6-20)17-12-11(7-16-13(14)18-12)21-8-9(2)19-15/h7,10,15,20H,2-6,8H2,1H3,(H3,14,16,17,18). The highest BCUT2D eigenvalue weighted by Crippen LogP contribution is 2.24. The first-order valence-corrected chi connectivity index (χ1v) is 6.78. The average Bonchev–Trinajstić information content (AvgIpc) is 2.46. The van der Waals surface area contributed by atoms with Crippen LogP contribution in [0.4, 0.5) is 11.8 Å². The van der Waals surface area contributed by atoms with E-state index in [4.69, 9.17) is 21.1 Å². The van der Waals surface area contributed by atoms with Crippen LogP contribution in [0, 0.1) is 5.53 Å². The summed E-state index contributed by atoms with van der Waals surface area (Å²) >= 11 is 0. The maximum absolute atomic E-state index is 9.10. The number of anilines is 2. The quantitative estimate of drug-likeness (QED) is 0.488. The number of rotatable bonds is 10. The van der Waals surface area contributed by atoms with Crippen molar-refractivity contribution in [2.24, 2.45) is 5.11 Å². The first-order chi connectivity index (χ1) is 10.1. The molecule has 1 atom stereocenters. The van der Waals surface area contributed by atoms with Crippen molar-refractivity contribution in [3.05, 3.63) is 18.5 Å². The maximum Gasteiger partial charge on any atom is 0.222 e. The summed E-state index contributed by atoms with van der Waals surface area (Å²) in [6, 6.07) is 0.0701. The van der Waals surface area contributed by atoms with Gasteiger partial charge in [0.15, 0.2) is 11.6 Å². The smallest absolute Gasteiger partial charge is 0.222 e. The number of nitrogens with one attached hydrogen (secondary N) is 2. The van der Waals surface area contributed by atoms with Crippen molar-refractivity contribution < 1.29 is 9.84 Å². The molecule has 116 valence electrons. The number of hydrogen-bond donors (Lipinski definition) is 4. The van der Waals surface area contributed by atoms with E-state index in [2.05, 4.69) is 33.9 Å². The third-order valence-electron chi connectivity index (χ3n) is 2.78. The minimum atomic E-state index is 0.0701. The zero-order valence-corrected chi connectivity index (χ0v) is 12.2. The van der Waals surface area contributed by atoms with Crippen LogP contribution >= 0.6 is 0 Å². The number of ether oxygens (including phenoxy) is 1. The Morgan fingerprint density at radius 3 is 3.00 bits per heavy atom. The molecule has 0 saturated carbocycles. The predicted octanol–water partition coefficient (Wildman–Crippen LogP) is 1.95. The van der Waals surface area contributed by atoms with Crippen molar-refractivity contribution in [1.82, 2.24) is 9.97 Å². The molecule has 1 aromatic heterocycles. The van der Waals surface area contributed by atoms with Gasteiger partial charge in [-0.05, 0) is 12.8 Å². The van der Waals surface area contributed by atoms with Crippen molar-refractivity contribution in [2.75, 3.05) is 24.3 Å². The second-order valence-electron chi connectivity index (χ2n) is 4.55. The van der Waals surface area contributed by atoms with Gasteiger partial charge in [-0.3, -0.25) is 0 Å². The van der Waals surface area contributed by atoms with Crippen molar-refractivity contribution in [3.8, 4) is 5.75 Å². The van der Waals surface area contributed by atoms with Crippen LogP contribution in [0.15, 0.2) is 23.6 Å². The van der Waals surface area contributed by atoms with E-state index < -0.39 is 0 Å². The number of nitrogens with two attached hydrogens (primary N) is 1. The number of nitrogen functional groups attached to an aromatic ring is 1. The van der Waals surface area contributed by atoms with Crippen molar-refractivity contribution in [1.29, 1.82) is 5.53 Å². The summed E-state index contributed by atoms with van der Waals surface area (Å²) in [5.74, 6) is 1.01. The van der Waals surface area contributed by atoms with Gasteiger partial charge in [0, 0.05) is 12.6 Å². The molecule has 0 amide bonds. The molecule has 21 heavy (non-hydrogen) atoms. The summed E-state index contributed by atoms with van der Waals surface area (Å²) in [7, 11) is 0. The van der Waals surface area contributed by atoms with Crippen LogP contribution in [-0.2, 0) is 0 Å². The molecule has 1 unspecified atom stereocenters. The van der Waals surface area contributed by atoms with Gasteiger partial charge in [0.2, 0.25) is 5.95 Å². The zero-order valence-electron chi connectivity index (χ0n) is 12.2. The van der Waals surface area contributed by atoms with E-state index in [-0.39, 0.29) is 25.2 Å². The molecule has 0 aliphatic rings. The molecule has 8 heteroatoms. The average molecular weight is 294 g/mol. The minimum absolute atomic E-state index is 0.0701. The molecule has 0 saturated heterocycles. The van der Waals surface area contributed by atoms with Gasteiger partial charge in [-0.2, -0.15) is 10.1 Å². The van der Waals surface area contributed by atoms with Crippen LogP contribution < -0.4 is 15.8 Å². The van der Waals surface area contributed by atoms with Gasteiger partial charge in [0.1, 0.15) is 6.61 Å². The van der Waals surface area contributed by atoms with Gasteiger partial charge in [-0.25, -0.2) is 10.5 Å². The first-order valence-electron chi connectivity index (χ1n) is 6.78. The molecule has 0 spiro atoms. The molecule has 0 aromatic carbocycles. The monoisotopic (exact) mass is 294 g/mol. The highest BCUT2D eigenvalue weighted by atomic mass is 16.5. The molecule has 1 rings (SSSR count). The summed E-state index contributed by atoms with van der Waals surface area (Å²) in [5.41, 5.74) is 12.7. The van der Waals surface area contributed by atoms with Gasteiger partial charge in [-0.15, -0.1) is 0 Å². The Kier molecular flexibility index (Phi) is 7.10. The van der Waals surface area contributed by atoms with E-state index >= 15 is 0 Å². The van der Waals surface area contributed by atoms with E-state index in [1.807, 2.05) is 0 Å². The zero-order chi connectivity index (χ0) is 15.7. The topological polar surface area (TPSA) is 130 Å². The summed E-state index contributed by atoms with van der Waals surface area (Å²) < 4.78 is 5.48. The summed E-state index contributed by atoms with van der Waals surface area (Å²) in [6.45, 7) is 5.78. The third kappa shape index (κ3) is 5.74.